The third-order valence-electron chi connectivity index (χ3n) is 6.01. The molecule has 0 amide bonds. The van der Waals surface area contributed by atoms with Crippen LogP contribution in [-0.2, 0) is 24.9 Å². The molecule has 1 aliphatic rings. The molecular formula is C25H26ClF3N4O5. The van der Waals surface area contributed by atoms with Gasteiger partial charge in [0.2, 0.25) is 0 Å². The van der Waals surface area contributed by atoms with E-state index in [0.717, 1.165) is 10.1 Å². The van der Waals surface area contributed by atoms with Gasteiger partial charge in [-0.15, -0.1) is 13.2 Å². The van der Waals surface area contributed by atoms with Crippen molar-refractivity contribution in [3.63, 3.8) is 0 Å². The standard InChI is InChI=1S/C25H26ClF3N4O5/c1-31-21-20(22(35)32(24(31)36)12-3-2-4-13-34)33(15-16-8-10-17(26)11-9-16)23(30-21)37-18-6-5-7-19(14-18)38-25(27,28)29/h5-11,18,34H,2-4,12-15H2,1H3. The molecule has 2 aromatic heterocycles. The van der Waals surface area contributed by atoms with Gasteiger partial charge in [0, 0.05) is 31.6 Å². The average Bonchev–Trinajstić information content (AvgIpc) is 3.20. The van der Waals surface area contributed by atoms with Gasteiger partial charge in [0.1, 0.15) is 11.9 Å². The first-order chi connectivity index (χ1) is 18.1. The van der Waals surface area contributed by atoms with Gasteiger partial charge >= 0.3 is 12.1 Å². The summed E-state index contributed by atoms with van der Waals surface area (Å²) in [5.74, 6) is -0.331. The van der Waals surface area contributed by atoms with Crippen molar-refractivity contribution in [2.75, 3.05) is 6.61 Å². The monoisotopic (exact) mass is 554 g/mol. The van der Waals surface area contributed by atoms with Crippen molar-refractivity contribution in [2.24, 2.45) is 7.05 Å². The van der Waals surface area contributed by atoms with Crippen molar-refractivity contribution in [3.05, 3.63) is 79.7 Å². The Morgan fingerprint density at radius 2 is 1.87 bits per heavy atom. The SMILES string of the molecule is Cn1c(=O)n(CCCCCO)c(=O)c2c1nc(OC1C=CC=C(OC(F)(F)F)C1)n2Cc1ccc(Cl)cc1. The molecule has 1 atom stereocenters. The molecule has 0 aliphatic heterocycles. The number of nitrogens with zero attached hydrogens (tertiary/aromatic N) is 4. The van der Waals surface area contributed by atoms with E-state index in [-0.39, 0.29) is 49.1 Å². The van der Waals surface area contributed by atoms with Crippen LogP contribution < -0.4 is 16.0 Å². The molecule has 0 bridgehead atoms. The van der Waals surface area contributed by atoms with Crippen molar-refractivity contribution in [2.45, 2.75) is 51.2 Å². The Kier molecular flexibility index (Phi) is 8.32. The normalized spacial score (nSPS) is 15.6. The quantitative estimate of drug-likeness (QED) is 0.382. The maximum Gasteiger partial charge on any atom is 0.572 e. The van der Waals surface area contributed by atoms with E-state index in [0.29, 0.717) is 24.3 Å². The van der Waals surface area contributed by atoms with Crippen LogP contribution in [0.3, 0.4) is 0 Å². The lowest BCUT2D eigenvalue weighted by atomic mass is 10.1. The molecule has 0 radical (unpaired) electrons. The zero-order valence-electron chi connectivity index (χ0n) is 20.4. The lowest BCUT2D eigenvalue weighted by Gasteiger charge is -2.21. The third-order valence-corrected chi connectivity index (χ3v) is 6.26. The number of rotatable bonds is 10. The second-order valence-electron chi connectivity index (χ2n) is 8.79. The van der Waals surface area contributed by atoms with Gasteiger partial charge in [0.15, 0.2) is 11.2 Å². The predicted octanol–water partition coefficient (Wildman–Crippen LogP) is 3.89. The fourth-order valence-electron chi connectivity index (χ4n) is 4.18. The van der Waals surface area contributed by atoms with Crippen LogP contribution in [0.25, 0.3) is 11.2 Å². The number of aliphatic hydroxyl groups excluding tert-OH is 1. The van der Waals surface area contributed by atoms with Crippen molar-refractivity contribution in [3.8, 4) is 6.01 Å². The topological polar surface area (TPSA) is 101 Å². The number of halogens is 4. The summed E-state index contributed by atoms with van der Waals surface area (Å²) in [6.45, 7) is 0.290. The summed E-state index contributed by atoms with van der Waals surface area (Å²) in [4.78, 5) is 30.9. The molecule has 1 aromatic carbocycles. The first-order valence-electron chi connectivity index (χ1n) is 11.9. The summed E-state index contributed by atoms with van der Waals surface area (Å²) in [6.07, 6.45) is -0.0990. The number of alkyl halides is 3. The number of ether oxygens (including phenoxy) is 2. The number of benzene rings is 1. The molecule has 13 heteroatoms. The lowest BCUT2D eigenvalue weighted by Crippen LogP contribution is -2.39. The van der Waals surface area contributed by atoms with Gasteiger partial charge in [0.25, 0.3) is 11.6 Å². The van der Waals surface area contributed by atoms with Crippen molar-refractivity contribution >= 4 is 22.8 Å². The Bertz CT molecular complexity index is 1470. The predicted molar refractivity (Wildman–Crippen MR) is 134 cm³/mol. The van der Waals surface area contributed by atoms with Gasteiger partial charge in [-0.3, -0.25) is 18.5 Å². The Balaban J connectivity index is 1.76. The number of imidazole rings is 1. The summed E-state index contributed by atoms with van der Waals surface area (Å²) in [5, 5.41) is 9.54. The van der Waals surface area contributed by atoms with Gasteiger partial charge in [-0.05, 0) is 49.1 Å². The molecule has 0 saturated carbocycles. The minimum absolute atomic E-state index is 0.0149. The third kappa shape index (κ3) is 6.30. The van der Waals surface area contributed by atoms with E-state index in [9.17, 15) is 22.8 Å². The number of hydrogen-bond acceptors (Lipinski definition) is 6. The molecule has 1 unspecified atom stereocenters. The average molecular weight is 555 g/mol. The Labute approximate surface area is 220 Å². The van der Waals surface area contributed by atoms with E-state index in [1.165, 1.54) is 28.3 Å². The molecule has 0 fully saturated rings. The molecule has 3 aromatic rings. The highest BCUT2D eigenvalue weighted by atomic mass is 35.5. The Morgan fingerprint density at radius 3 is 2.55 bits per heavy atom. The van der Waals surface area contributed by atoms with Gasteiger partial charge in [-0.2, -0.15) is 4.98 Å². The molecule has 38 heavy (non-hydrogen) atoms. The zero-order chi connectivity index (χ0) is 27.4. The Hall–Kier alpha value is -3.51. The second-order valence-corrected chi connectivity index (χ2v) is 9.22. The smallest absolute Gasteiger partial charge is 0.457 e. The highest BCUT2D eigenvalue weighted by molar-refractivity contribution is 6.30. The number of aryl methyl sites for hydroxylation is 1. The molecule has 0 saturated heterocycles. The zero-order valence-corrected chi connectivity index (χ0v) is 21.2. The van der Waals surface area contributed by atoms with Gasteiger partial charge < -0.3 is 14.6 Å². The highest BCUT2D eigenvalue weighted by Gasteiger charge is 2.33. The number of aromatic nitrogens is 4. The first kappa shape index (κ1) is 27.5. The number of unbranched alkanes of at least 4 members (excludes halogenated alkanes) is 2. The molecule has 1 N–H and O–H groups in total. The molecule has 0 spiro atoms. The van der Waals surface area contributed by atoms with E-state index in [1.54, 1.807) is 30.3 Å². The van der Waals surface area contributed by atoms with Gasteiger partial charge in [-0.1, -0.05) is 29.8 Å². The van der Waals surface area contributed by atoms with Gasteiger partial charge in [0.05, 0.1) is 6.54 Å². The molecule has 1 aliphatic carbocycles. The summed E-state index contributed by atoms with van der Waals surface area (Å²) >= 11 is 6.01. The van der Waals surface area contributed by atoms with Crippen LogP contribution in [0.1, 0.15) is 31.2 Å². The minimum atomic E-state index is -4.84. The van der Waals surface area contributed by atoms with Crippen molar-refractivity contribution < 1.29 is 27.8 Å². The number of fused-ring (bicyclic) bond motifs is 1. The largest absolute Gasteiger partial charge is 0.572 e. The van der Waals surface area contributed by atoms with Gasteiger partial charge in [-0.25, -0.2) is 4.79 Å². The fourth-order valence-corrected chi connectivity index (χ4v) is 4.30. The lowest BCUT2D eigenvalue weighted by molar-refractivity contribution is -0.307. The van der Waals surface area contributed by atoms with Crippen molar-refractivity contribution in [1.29, 1.82) is 0 Å². The fraction of sp³-hybridized carbons (Fsp3) is 0.400. The molecule has 2 heterocycles. The number of hydrogen-bond donors (Lipinski definition) is 1. The molecular weight excluding hydrogens is 529 g/mol. The summed E-state index contributed by atoms with van der Waals surface area (Å²) in [7, 11) is 1.48. The molecule has 204 valence electrons. The maximum absolute atomic E-state index is 13.5. The van der Waals surface area contributed by atoms with E-state index < -0.39 is 23.7 Å². The van der Waals surface area contributed by atoms with Crippen LogP contribution in [0.5, 0.6) is 6.01 Å². The first-order valence-corrected chi connectivity index (χ1v) is 12.3. The van der Waals surface area contributed by atoms with Crippen LogP contribution >= 0.6 is 11.6 Å². The Morgan fingerprint density at radius 1 is 1.13 bits per heavy atom. The number of aliphatic hydroxyl groups is 1. The van der Waals surface area contributed by atoms with E-state index >= 15 is 0 Å². The van der Waals surface area contributed by atoms with Crippen LogP contribution in [0.4, 0.5) is 13.2 Å². The van der Waals surface area contributed by atoms with E-state index in [2.05, 4.69) is 9.72 Å². The van der Waals surface area contributed by atoms with Crippen LogP contribution in [-0.4, -0.2) is 42.9 Å². The van der Waals surface area contributed by atoms with Crippen LogP contribution in [0.15, 0.2) is 57.8 Å². The van der Waals surface area contributed by atoms with Crippen LogP contribution in [0.2, 0.25) is 5.02 Å². The second kappa shape index (κ2) is 11.5. The molecule has 4 rings (SSSR count). The highest BCUT2D eigenvalue weighted by Crippen LogP contribution is 2.28. The summed E-state index contributed by atoms with van der Waals surface area (Å²) < 4.78 is 52.1. The molecule has 9 nitrogen and oxygen atoms in total. The van der Waals surface area contributed by atoms with Crippen LogP contribution in [0, 0.1) is 0 Å². The maximum atomic E-state index is 13.5. The minimum Gasteiger partial charge on any atom is -0.457 e. The van der Waals surface area contributed by atoms with E-state index in [4.69, 9.17) is 21.4 Å². The summed E-state index contributed by atoms with van der Waals surface area (Å²) in [5.41, 5.74) is -0.181. The van der Waals surface area contributed by atoms with Crippen molar-refractivity contribution in [1.82, 2.24) is 18.7 Å². The van der Waals surface area contributed by atoms with E-state index in [1.807, 2.05) is 0 Å². The summed E-state index contributed by atoms with van der Waals surface area (Å²) in [6, 6.07) is 6.84. The number of allylic oxidation sites excluding steroid dienone is 2.